The number of hydrogen-bond donors (Lipinski definition) is 4. The SMILES string of the molecule is CCNC(=O)[C@H]1O[C@@H](n2cnc3c(N)nc(C#CCC4CCN(C(=O)C(C)(C)C)CC4)nc32)[C@@H](O)C1O. The minimum Gasteiger partial charge on any atom is -0.387 e. The Labute approximate surface area is 215 Å². The van der Waals surface area contributed by atoms with Gasteiger partial charge in [0.15, 0.2) is 23.8 Å². The molecule has 12 nitrogen and oxygen atoms in total. The highest BCUT2D eigenvalue weighted by molar-refractivity contribution is 5.83. The molecule has 0 aliphatic carbocycles. The Morgan fingerprint density at radius 2 is 1.92 bits per heavy atom. The van der Waals surface area contributed by atoms with E-state index < -0.39 is 30.4 Å². The molecular formula is C25H35N7O5. The number of nitrogen functional groups attached to an aromatic ring is 1. The molecule has 200 valence electrons. The van der Waals surface area contributed by atoms with Crippen LogP contribution >= 0.6 is 0 Å². The van der Waals surface area contributed by atoms with Gasteiger partial charge >= 0.3 is 0 Å². The van der Waals surface area contributed by atoms with Crippen LogP contribution in [-0.4, -0.2) is 84.4 Å². The van der Waals surface area contributed by atoms with Crippen molar-refractivity contribution in [3.63, 3.8) is 0 Å². The first kappa shape index (κ1) is 26.8. The minimum atomic E-state index is -1.42. The number of nitrogens with one attached hydrogen (secondary N) is 1. The molecule has 2 aromatic heterocycles. The molecule has 2 aromatic rings. The van der Waals surface area contributed by atoms with Crippen molar-refractivity contribution in [3.05, 3.63) is 12.2 Å². The van der Waals surface area contributed by atoms with E-state index in [1.54, 1.807) is 6.92 Å². The number of nitrogens with two attached hydrogens (primary N) is 1. The van der Waals surface area contributed by atoms with Crippen molar-refractivity contribution in [1.82, 2.24) is 29.7 Å². The van der Waals surface area contributed by atoms with E-state index >= 15 is 0 Å². The van der Waals surface area contributed by atoms with Gasteiger partial charge in [-0.05, 0) is 31.6 Å². The molecule has 4 heterocycles. The molecular weight excluding hydrogens is 478 g/mol. The van der Waals surface area contributed by atoms with E-state index in [0.29, 0.717) is 24.4 Å². The summed E-state index contributed by atoms with van der Waals surface area (Å²) in [6.45, 7) is 9.36. The van der Waals surface area contributed by atoms with Gasteiger partial charge in [-0.2, -0.15) is 0 Å². The second-order valence-corrected chi connectivity index (χ2v) is 10.6. The molecule has 2 aliphatic heterocycles. The van der Waals surface area contributed by atoms with Crippen molar-refractivity contribution in [3.8, 4) is 11.8 Å². The monoisotopic (exact) mass is 513 g/mol. The lowest BCUT2D eigenvalue weighted by Crippen LogP contribution is -2.44. The summed E-state index contributed by atoms with van der Waals surface area (Å²) in [5.74, 6) is 6.44. The molecule has 0 spiro atoms. The molecule has 0 saturated carbocycles. The predicted octanol–water partition coefficient (Wildman–Crippen LogP) is 0.190. The average Bonchev–Trinajstić information content (AvgIpc) is 3.40. The maximum absolute atomic E-state index is 12.5. The number of amides is 2. The first-order valence-electron chi connectivity index (χ1n) is 12.6. The van der Waals surface area contributed by atoms with Crippen molar-refractivity contribution in [2.45, 2.75) is 71.5 Å². The van der Waals surface area contributed by atoms with Gasteiger partial charge in [-0.25, -0.2) is 15.0 Å². The average molecular weight is 514 g/mol. The highest BCUT2D eigenvalue weighted by Gasteiger charge is 2.47. The number of piperidine rings is 1. The van der Waals surface area contributed by atoms with Crippen LogP contribution in [0.1, 0.15) is 59.0 Å². The molecule has 2 saturated heterocycles. The maximum atomic E-state index is 12.5. The number of likely N-dealkylation sites (N-methyl/N-ethyl adjacent to an activating group) is 1. The summed E-state index contributed by atoms with van der Waals surface area (Å²) in [6.07, 6.45) is -1.34. The Morgan fingerprint density at radius 1 is 1.22 bits per heavy atom. The van der Waals surface area contributed by atoms with Crippen molar-refractivity contribution in [1.29, 1.82) is 0 Å². The molecule has 4 rings (SSSR count). The molecule has 1 unspecified atom stereocenters. The van der Waals surface area contributed by atoms with Gasteiger partial charge in [-0.1, -0.05) is 26.7 Å². The van der Waals surface area contributed by atoms with Gasteiger partial charge in [0.1, 0.15) is 17.7 Å². The Hall–Kier alpha value is -3.27. The lowest BCUT2D eigenvalue weighted by atomic mass is 9.90. The van der Waals surface area contributed by atoms with Gasteiger partial charge in [0.05, 0.1) is 6.33 Å². The molecule has 5 N–H and O–H groups in total. The fourth-order valence-corrected chi connectivity index (χ4v) is 4.65. The van der Waals surface area contributed by atoms with Gasteiger partial charge in [0.25, 0.3) is 5.91 Å². The maximum Gasteiger partial charge on any atom is 0.252 e. The van der Waals surface area contributed by atoms with Crippen LogP contribution in [0.4, 0.5) is 5.82 Å². The lowest BCUT2D eigenvalue weighted by Gasteiger charge is -2.35. The Kier molecular flexibility index (Phi) is 7.68. The number of aliphatic hydroxyl groups excluding tert-OH is 2. The number of aromatic nitrogens is 4. The zero-order chi connectivity index (χ0) is 26.9. The van der Waals surface area contributed by atoms with Crippen molar-refractivity contribution in [2.75, 3.05) is 25.4 Å². The highest BCUT2D eigenvalue weighted by atomic mass is 16.6. The van der Waals surface area contributed by atoms with E-state index in [0.717, 1.165) is 25.9 Å². The molecule has 0 bridgehead atoms. The molecule has 0 radical (unpaired) electrons. The van der Waals surface area contributed by atoms with Crippen LogP contribution < -0.4 is 11.1 Å². The summed E-state index contributed by atoms with van der Waals surface area (Å²) in [4.78, 5) is 39.5. The number of hydrogen-bond acceptors (Lipinski definition) is 9. The van der Waals surface area contributed by atoms with Crippen LogP contribution in [0.15, 0.2) is 6.33 Å². The van der Waals surface area contributed by atoms with Crippen molar-refractivity contribution < 1.29 is 24.5 Å². The summed E-state index contributed by atoms with van der Waals surface area (Å²) in [7, 11) is 0. The Balaban J connectivity index is 1.46. The fourth-order valence-electron chi connectivity index (χ4n) is 4.65. The summed E-state index contributed by atoms with van der Waals surface area (Å²) in [6, 6.07) is 0. The second-order valence-electron chi connectivity index (χ2n) is 10.6. The molecule has 2 aliphatic rings. The van der Waals surface area contributed by atoms with Gasteiger partial charge in [0.2, 0.25) is 11.7 Å². The molecule has 0 aromatic carbocycles. The van der Waals surface area contributed by atoms with Gasteiger partial charge < -0.3 is 30.9 Å². The Bertz CT molecular complexity index is 1220. The first-order valence-corrected chi connectivity index (χ1v) is 12.6. The van der Waals surface area contributed by atoms with Crippen LogP contribution in [-0.2, 0) is 14.3 Å². The molecule has 2 amide bonds. The van der Waals surface area contributed by atoms with E-state index in [4.69, 9.17) is 10.5 Å². The van der Waals surface area contributed by atoms with Crippen LogP contribution in [0.5, 0.6) is 0 Å². The standard InChI is InChI=1S/C25H35N7O5/c1-5-27-22(35)19-17(33)18(34)23(37-19)32-13-28-16-20(26)29-15(30-21(16)32)8-6-7-14-9-11-31(12-10-14)24(36)25(2,3)4/h13-14,17-19,23,33-34H,5,7,9-12H2,1-4H3,(H,27,35)(H2,26,29,30)/t17?,18-,19-,23+/m0/s1. The number of carbonyl (C=O) groups excluding carboxylic acids is 2. The number of anilines is 1. The zero-order valence-corrected chi connectivity index (χ0v) is 21.6. The topological polar surface area (TPSA) is 169 Å². The predicted molar refractivity (Wildman–Crippen MR) is 135 cm³/mol. The third-order valence-corrected chi connectivity index (χ3v) is 6.70. The Morgan fingerprint density at radius 3 is 2.57 bits per heavy atom. The number of fused-ring (bicyclic) bond motifs is 1. The summed E-state index contributed by atoms with van der Waals surface area (Å²) in [5.41, 5.74) is 6.29. The van der Waals surface area contributed by atoms with E-state index in [-0.39, 0.29) is 28.6 Å². The van der Waals surface area contributed by atoms with Crippen LogP contribution in [0.25, 0.3) is 11.2 Å². The first-order chi connectivity index (χ1) is 17.5. The zero-order valence-electron chi connectivity index (χ0n) is 21.6. The van der Waals surface area contributed by atoms with E-state index in [9.17, 15) is 19.8 Å². The molecule has 37 heavy (non-hydrogen) atoms. The fraction of sp³-hybridized carbons (Fsp3) is 0.640. The highest BCUT2D eigenvalue weighted by Crippen LogP contribution is 2.32. The third-order valence-electron chi connectivity index (χ3n) is 6.70. The summed E-state index contributed by atoms with van der Waals surface area (Å²) < 4.78 is 7.11. The lowest BCUT2D eigenvalue weighted by molar-refractivity contribution is -0.141. The number of rotatable bonds is 4. The van der Waals surface area contributed by atoms with E-state index in [1.165, 1.54) is 10.9 Å². The number of imidazole rings is 1. The largest absolute Gasteiger partial charge is 0.387 e. The minimum absolute atomic E-state index is 0.121. The number of ether oxygens (including phenoxy) is 1. The van der Waals surface area contributed by atoms with Crippen molar-refractivity contribution >= 4 is 28.8 Å². The number of likely N-dealkylation sites (tertiary alicyclic amines) is 1. The van der Waals surface area contributed by atoms with Crippen molar-refractivity contribution in [2.24, 2.45) is 11.3 Å². The normalized spacial score (nSPS) is 24.6. The molecule has 12 heteroatoms. The summed E-state index contributed by atoms with van der Waals surface area (Å²) >= 11 is 0. The van der Waals surface area contributed by atoms with Crippen LogP contribution in [0.3, 0.4) is 0 Å². The second kappa shape index (κ2) is 10.6. The number of carbonyl (C=O) groups is 2. The van der Waals surface area contributed by atoms with Crippen LogP contribution in [0, 0.1) is 23.2 Å². The van der Waals surface area contributed by atoms with Crippen LogP contribution in [0.2, 0.25) is 0 Å². The van der Waals surface area contributed by atoms with Gasteiger partial charge in [0, 0.05) is 31.5 Å². The van der Waals surface area contributed by atoms with E-state index in [1.807, 2.05) is 25.7 Å². The van der Waals surface area contributed by atoms with Gasteiger partial charge in [-0.15, -0.1) is 0 Å². The number of aliphatic hydroxyl groups is 2. The van der Waals surface area contributed by atoms with Gasteiger partial charge in [-0.3, -0.25) is 14.2 Å². The molecule has 2 fully saturated rings. The van der Waals surface area contributed by atoms with E-state index in [2.05, 4.69) is 32.1 Å². The molecule has 4 atom stereocenters. The third kappa shape index (κ3) is 5.53. The smallest absolute Gasteiger partial charge is 0.252 e. The number of nitrogens with zero attached hydrogens (tertiary/aromatic N) is 5. The quantitative estimate of drug-likeness (QED) is 0.417. The summed E-state index contributed by atoms with van der Waals surface area (Å²) in [5, 5.41) is 23.5.